The van der Waals surface area contributed by atoms with Gasteiger partial charge in [-0.2, -0.15) is 0 Å². The minimum Gasteiger partial charge on any atom is -0.466 e. The number of halogens is 2. The summed E-state index contributed by atoms with van der Waals surface area (Å²) in [6.07, 6.45) is 9.34. The Hall–Kier alpha value is -2.20. The fraction of sp³-hybridized carbons (Fsp3) is 0.680. The molecule has 0 N–H and O–H groups in total. The van der Waals surface area contributed by atoms with Gasteiger partial charge < -0.3 is 9.15 Å². The van der Waals surface area contributed by atoms with Gasteiger partial charge in [-0.25, -0.2) is 23.7 Å². The number of carbonyl (C=O) groups excluding carboxylic acids is 1. The number of rotatable bonds is 8. The standard InChI is InChI=1S/C25H32F2N4O3S/c1-16-28-14-19(33-16)10-23(32)29-13-18-4-2-17(3-5-18)6-8-31-9-7-22-21(15-31)30-24(35-22)34-20-11-25(26,27)12-20/h13-14,17-18,20H,2-12,15H2,1H3/b29-13+. The van der Waals surface area contributed by atoms with Gasteiger partial charge in [0.25, 0.3) is 17.0 Å². The van der Waals surface area contributed by atoms with Gasteiger partial charge in [0.05, 0.1) is 18.3 Å². The van der Waals surface area contributed by atoms with Crippen LogP contribution < -0.4 is 4.74 Å². The summed E-state index contributed by atoms with van der Waals surface area (Å²) in [5.41, 5.74) is 1.05. The van der Waals surface area contributed by atoms with Crippen LogP contribution in [0, 0.1) is 18.8 Å². The Labute approximate surface area is 208 Å². The highest BCUT2D eigenvalue weighted by Crippen LogP contribution is 2.41. The number of ether oxygens (including phenoxy) is 1. The zero-order valence-electron chi connectivity index (χ0n) is 20.0. The Balaban J connectivity index is 1.00. The summed E-state index contributed by atoms with van der Waals surface area (Å²) in [5, 5.41) is 0.548. The van der Waals surface area contributed by atoms with Crippen LogP contribution in [-0.4, -0.2) is 52.1 Å². The van der Waals surface area contributed by atoms with Crippen LogP contribution >= 0.6 is 11.3 Å². The molecule has 3 heterocycles. The molecule has 0 bridgehead atoms. The molecule has 190 valence electrons. The number of hydrogen-bond acceptors (Lipinski definition) is 7. The Morgan fingerprint density at radius 3 is 2.86 bits per heavy atom. The molecule has 7 nitrogen and oxygen atoms in total. The Bertz CT molecular complexity index is 1050. The average Bonchev–Trinajstić information content (AvgIpc) is 3.40. The van der Waals surface area contributed by atoms with E-state index in [1.54, 1.807) is 13.1 Å². The monoisotopic (exact) mass is 506 g/mol. The van der Waals surface area contributed by atoms with Crippen molar-refractivity contribution >= 4 is 23.5 Å². The number of aryl methyl sites for hydroxylation is 1. The van der Waals surface area contributed by atoms with E-state index < -0.39 is 12.0 Å². The molecule has 2 saturated carbocycles. The van der Waals surface area contributed by atoms with Gasteiger partial charge in [0.2, 0.25) is 0 Å². The van der Waals surface area contributed by atoms with Crippen molar-refractivity contribution < 1.29 is 22.7 Å². The van der Waals surface area contributed by atoms with Crippen molar-refractivity contribution in [1.29, 1.82) is 0 Å². The molecule has 35 heavy (non-hydrogen) atoms. The number of nitrogens with zero attached hydrogens (tertiary/aromatic N) is 4. The van der Waals surface area contributed by atoms with E-state index in [1.165, 1.54) is 16.2 Å². The van der Waals surface area contributed by atoms with E-state index in [1.807, 2.05) is 6.21 Å². The lowest BCUT2D eigenvalue weighted by Gasteiger charge is -2.33. The van der Waals surface area contributed by atoms with Crippen molar-refractivity contribution in [1.82, 2.24) is 14.9 Å². The third-order valence-electron chi connectivity index (χ3n) is 7.28. The molecule has 0 unspecified atom stereocenters. The van der Waals surface area contributed by atoms with Crippen molar-refractivity contribution in [3.63, 3.8) is 0 Å². The number of hydrogen-bond donors (Lipinski definition) is 0. The Morgan fingerprint density at radius 2 is 2.14 bits per heavy atom. The first-order valence-electron chi connectivity index (χ1n) is 12.5. The summed E-state index contributed by atoms with van der Waals surface area (Å²) in [7, 11) is 0. The van der Waals surface area contributed by atoms with Crippen LogP contribution in [-0.2, 0) is 24.2 Å². The van der Waals surface area contributed by atoms with E-state index in [2.05, 4.69) is 19.9 Å². The van der Waals surface area contributed by atoms with Crippen LogP contribution in [0.4, 0.5) is 8.78 Å². The predicted molar refractivity (Wildman–Crippen MR) is 128 cm³/mol. The fourth-order valence-corrected chi connectivity index (χ4v) is 6.14. The van der Waals surface area contributed by atoms with Gasteiger partial charge in [-0.1, -0.05) is 11.3 Å². The first-order chi connectivity index (χ1) is 16.8. The lowest BCUT2D eigenvalue weighted by atomic mass is 9.81. The van der Waals surface area contributed by atoms with E-state index in [0.29, 0.717) is 28.7 Å². The highest BCUT2D eigenvalue weighted by molar-refractivity contribution is 7.13. The molecule has 2 aromatic rings. The predicted octanol–water partition coefficient (Wildman–Crippen LogP) is 5.01. The number of thiazole rings is 1. The smallest absolute Gasteiger partial charge is 0.273 e. The van der Waals surface area contributed by atoms with Gasteiger partial charge >= 0.3 is 0 Å². The zero-order valence-corrected chi connectivity index (χ0v) is 20.9. The molecule has 0 radical (unpaired) electrons. The van der Waals surface area contributed by atoms with Gasteiger partial charge in [-0.3, -0.25) is 9.69 Å². The van der Waals surface area contributed by atoms with Crippen molar-refractivity contribution in [2.24, 2.45) is 16.8 Å². The highest BCUT2D eigenvalue weighted by Gasteiger charge is 2.47. The zero-order chi connectivity index (χ0) is 24.4. The largest absolute Gasteiger partial charge is 0.466 e. The minimum atomic E-state index is -2.57. The average molecular weight is 507 g/mol. The van der Waals surface area contributed by atoms with Crippen molar-refractivity contribution in [3.8, 4) is 5.19 Å². The summed E-state index contributed by atoms with van der Waals surface area (Å²) in [5.74, 6) is -0.573. The van der Waals surface area contributed by atoms with Gasteiger partial charge in [-0.05, 0) is 56.9 Å². The van der Waals surface area contributed by atoms with Crippen LogP contribution in [0.2, 0.25) is 0 Å². The topological polar surface area (TPSA) is 80.8 Å². The summed E-state index contributed by atoms with van der Waals surface area (Å²) in [4.78, 5) is 28.5. The third-order valence-corrected chi connectivity index (χ3v) is 8.32. The maximum absolute atomic E-state index is 13.0. The van der Waals surface area contributed by atoms with E-state index in [0.717, 1.165) is 63.9 Å². The fourth-order valence-electron chi connectivity index (χ4n) is 5.16. The van der Waals surface area contributed by atoms with Gasteiger partial charge in [0.1, 0.15) is 11.9 Å². The number of aromatic nitrogens is 2. The summed E-state index contributed by atoms with van der Waals surface area (Å²) in [6.45, 7) is 4.61. The Kier molecular flexibility index (Phi) is 7.29. The molecule has 1 amide bonds. The second-order valence-electron chi connectivity index (χ2n) is 10.1. The SMILES string of the molecule is Cc1ncc(CC(=O)/N=C/C2CCC(CCN3CCc4sc(OC5CC(F)(F)C5)nc4C3)CC2)o1. The Morgan fingerprint density at radius 1 is 1.34 bits per heavy atom. The van der Waals surface area contributed by atoms with E-state index >= 15 is 0 Å². The molecular formula is C25H32F2N4O3S. The van der Waals surface area contributed by atoms with Gasteiger partial charge in [-0.15, -0.1) is 0 Å². The van der Waals surface area contributed by atoms with Gasteiger partial charge in [0, 0.05) is 43.9 Å². The van der Waals surface area contributed by atoms with Crippen LogP contribution in [0.15, 0.2) is 15.6 Å². The quantitative estimate of drug-likeness (QED) is 0.468. The third kappa shape index (κ3) is 6.52. The molecule has 5 rings (SSSR count). The summed E-state index contributed by atoms with van der Waals surface area (Å²) < 4.78 is 37.1. The molecule has 0 aromatic carbocycles. The summed E-state index contributed by atoms with van der Waals surface area (Å²) >= 11 is 1.52. The van der Waals surface area contributed by atoms with Gasteiger partial charge in [0.15, 0.2) is 5.89 Å². The molecule has 1 aliphatic heterocycles. The molecular weight excluding hydrogens is 474 g/mol. The maximum Gasteiger partial charge on any atom is 0.273 e. The second-order valence-corrected chi connectivity index (χ2v) is 11.2. The van der Waals surface area contributed by atoms with E-state index in [9.17, 15) is 13.6 Å². The first kappa shape index (κ1) is 24.5. The van der Waals surface area contributed by atoms with Crippen LogP contribution in [0.1, 0.15) is 67.2 Å². The number of carbonyl (C=O) groups is 1. The lowest BCUT2D eigenvalue weighted by molar-refractivity contribution is -0.134. The molecule has 2 aromatic heterocycles. The van der Waals surface area contributed by atoms with Crippen LogP contribution in [0.3, 0.4) is 0 Å². The normalized spacial score (nSPS) is 24.9. The lowest BCUT2D eigenvalue weighted by Crippen LogP contribution is -2.43. The van der Waals surface area contributed by atoms with Crippen molar-refractivity contribution in [2.45, 2.75) is 83.3 Å². The van der Waals surface area contributed by atoms with Crippen molar-refractivity contribution in [2.75, 3.05) is 13.1 Å². The number of amides is 1. The number of aliphatic imine (C=N–C) groups is 1. The maximum atomic E-state index is 13.0. The molecule has 10 heteroatoms. The highest BCUT2D eigenvalue weighted by atomic mass is 32.1. The number of fused-ring (bicyclic) bond motifs is 1. The van der Waals surface area contributed by atoms with Crippen LogP contribution in [0.5, 0.6) is 5.19 Å². The first-order valence-corrected chi connectivity index (χ1v) is 13.4. The molecule has 3 aliphatic rings. The molecule has 0 atom stereocenters. The molecule has 0 saturated heterocycles. The van der Waals surface area contributed by atoms with E-state index in [-0.39, 0.29) is 25.2 Å². The van der Waals surface area contributed by atoms with Crippen LogP contribution in [0.25, 0.3) is 0 Å². The molecule has 0 spiro atoms. The molecule has 2 fully saturated rings. The van der Waals surface area contributed by atoms with Crippen molar-refractivity contribution in [3.05, 3.63) is 28.4 Å². The minimum absolute atomic E-state index is 0.160. The number of alkyl halides is 2. The molecule has 2 aliphatic carbocycles. The second kappa shape index (κ2) is 10.4. The summed E-state index contributed by atoms with van der Waals surface area (Å²) in [6, 6.07) is 0. The number of oxazole rings is 1. The van der Waals surface area contributed by atoms with E-state index in [4.69, 9.17) is 9.15 Å².